The van der Waals surface area contributed by atoms with Crippen molar-refractivity contribution in [3.8, 4) is 0 Å². The summed E-state index contributed by atoms with van der Waals surface area (Å²) in [4.78, 5) is 45.5. The van der Waals surface area contributed by atoms with E-state index >= 15 is 0 Å². The van der Waals surface area contributed by atoms with Crippen LogP contribution in [0.5, 0.6) is 0 Å². The molecule has 0 saturated carbocycles. The summed E-state index contributed by atoms with van der Waals surface area (Å²) in [5, 5.41) is 11.0. The molecule has 2 fully saturated rings. The van der Waals surface area contributed by atoms with Crippen LogP contribution < -0.4 is 4.90 Å². The Morgan fingerprint density at radius 3 is 2.49 bits per heavy atom. The number of fused-ring (bicyclic) bond motifs is 2. The smallest absolute Gasteiger partial charge is 0.313 e. The molecule has 202 valence electrons. The van der Waals surface area contributed by atoms with Gasteiger partial charge in [-0.05, 0) is 31.0 Å². The summed E-state index contributed by atoms with van der Waals surface area (Å²) in [5.41, 5.74) is -1.49. The summed E-state index contributed by atoms with van der Waals surface area (Å²) in [6.07, 6.45) is 7.77. The Morgan fingerprint density at radius 2 is 1.74 bits per heavy atom. The second-order valence-corrected chi connectivity index (χ2v) is 10.9. The Hall–Kier alpha value is -3.46. The molecule has 39 heavy (non-hydrogen) atoms. The van der Waals surface area contributed by atoms with E-state index in [9.17, 15) is 19.5 Å². The number of benzene rings is 2. The first-order valence-electron chi connectivity index (χ1n) is 13.1. The highest BCUT2D eigenvalue weighted by Gasteiger charge is 2.75. The van der Waals surface area contributed by atoms with Crippen LogP contribution in [0.1, 0.15) is 24.9 Å². The van der Waals surface area contributed by atoms with E-state index in [2.05, 4.69) is 0 Å². The molecule has 4 aliphatic heterocycles. The SMILES string of the molecule is C[C@@]12C=CCCOC(=O)[C@@H]1[C@H]1C(=O)N([C@H](CO)c3ccccc3)C3C(=O)N(c4ccccc4Cl)CC=C[C@@]31O2. The van der Waals surface area contributed by atoms with E-state index < -0.39 is 59.5 Å². The zero-order valence-electron chi connectivity index (χ0n) is 21.4. The Kier molecular flexibility index (Phi) is 6.37. The summed E-state index contributed by atoms with van der Waals surface area (Å²) in [6.45, 7) is 1.72. The van der Waals surface area contributed by atoms with Crippen molar-refractivity contribution in [2.24, 2.45) is 11.8 Å². The van der Waals surface area contributed by atoms with Crippen molar-refractivity contribution in [1.82, 2.24) is 4.90 Å². The molecular weight excluding hydrogens is 520 g/mol. The zero-order chi connectivity index (χ0) is 27.4. The molecule has 2 saturated heterocycles. The monoisotopic (exact) mass is 548 g/mol. The maximum Gasteiger partial charge on any atom is 0.313 e. The predicted octanol–water partition coefficient (Wildman–Crippen LogP) is 3.45. The number of hydrogen-bond acceptors (Lipinski definition) is 6. The van der Waals surface area contributed by atoms with Gasteiger partial charge < -0.3 is 24.4 Å². The fourth-order valence-corrected chi connectivity index (χ4v) is 6.92. The zero-order valence-corrected chi connectivity index (χ0v) is 22.2. The van der Waals surface area contributed by atoms with Gasteiger partial charge in [-0.25, -0.2) is 0 Å². The van der Waals surface area contributed by atoms with Gasteiger partial charge in [-0.1, -0.05) is 78.4 Å². The molecule has 4 aliphatic rings. The van der Waals surface area contributed by atoms with Crippen molar-refractivity contribution >= 4 is 35.1 Å². The molecule has 1 spiro atoms. The van der Waals surface area contributed by atoms with Crippen LogP contribution >= 0.6 is 11.6 Å². The van der Waals surface area contributed by atoms with Gasteiger partial charge in [0, 0.05) is 6.54 Å². The van der Waals surface area contributed by atoms with Crippen molar-refractivity contribution in [3.63, 3.8) is 0 Å². The summed E-state index contributed by atoms with van der Waals surface area (Å²) >= 11 is 6.52. The normalized spacial score (nSPS) is 32.6. The number of ether oxygens (including phenoxy) is 2. The van der Waals surface area contributed by atoms with Crippen molar-refractivity contribution in [3.05, 3.63) is 89.5 Å². The van der Waals surface area contributed by atoms with E-state index in [1.807, 2.05) is 30.4 Å². The van der Waals surface area contributed by atoms with Crippen molar-refractivity contribution in [2.45, 2.75) is 36.6 Å². The molecule has 9 heteroatoms. The second kappa shape index (κ2) is 9.62. The number of aliphatic hydroxyl groups is 1. The molecule has 0 bridgehead atoms. The number of aliphatic hydroxyl groups excluding tert-OH is 1. The minimum Gasteiger partial charge on any atom is -0.465 e. The Labute approximate surface area is 231 Å². The minimum atomic E-state index is -1.47. The average molecular weight is 549 g/mol. The quantitative estimate of drug-likeness (QED) is 0.464. The van der Waals surface area contributed by atoms with Crippen LogP contribution in [0.25, 0.3) is 0 Å². The Bertz CT molecular complexity index is 1380. The lowest BCUT2D eigenvalue weighted by Gasteiger charge is -2.40. The number of likely N-dealkylation sites (tertiary alicyclic amines) is 1. The van der Waals surface area contributed by atoms with Crippen LogP contribution in [0.4, 0.5) is 5.69 Å². The van der Waals surface area contributed by atoms with Gasteiger partial charge in [0.25, 0.3) is 5.91 Å². The van der Waals surface area contributed by atoms with Crippen LogP contribution in [0.15, 0.2) is 78.9 Å². The van der Waals surface area contributed by atoms with E-state index in [1.165, 1.54) is 9.80 Å². The van der Waals surface area contributed by atoms with Crippen LogP contribution in [0.2, 0.25) is 5.02 Å². The number of para-hydroxylation sites is 1. The average Bonchev–Trinajstić information content (AvgIpc) is 3.24. The van der Waals surface area contributed by atoms with Gasteiger partial charge in [-0.15, -0.1) is 0 Å². The van der Waals surface area contributed by atoms with E-state index in [0.29, 0.717) is 22.7 Å². The number of halogens is 1. The first kappa shape index (κ1) is 25.8. The molecule has 0 aliphatic carbocycles. The van der Waals surface area contributed by atoms with Crippen LogP contribution in [-0.2, 0) is 23.9 Å². The van der Waals surface area contributed by atoms with Gasteiger partial charge in [0.15, 0.2) is 0 Å². The number of anilines is 1. The number of hydrogen-bond donors (Lipinski definition) is 1. The maximum absolute atomic E-state index is 14.6. The fraction of sp³-hybridized carbons (Fsp3) is 0.367. The number of carbonyl (C=O) groups excluding carboxylic acids is 3. The number of nitrogens with zero attached hydrogens (tertiary/aromatic N) is 2. The Morgan fingerprint density at radius 1 is 1.00 bits per heavy atom. The van der Waals surface area contributed by atoms with Crippen LogP contribution in [-0.4, -0.2) is 64.8 Å². The Balaban J connectivity index is 1.55. The highest BCUT2D eigenvalue weighted by Crippen LogP contribution is 2.58. The van der Waals surface area contributed by atoms with E-state index in [0.717, 1.165) is 0 Å². The van der Waals surface area contributed by atoms with Crippen LogP contribution in [0, 0.1) is 11.8 Å². The summed E-state index contributed by atoms with van der Waals surface area (Å²) in [6, 6.07) is 14.1. The van der Waals surface area contributed by atoms with Gasteiger partial charge in [-0.3, -0.25) is 14.4 Å². The molecule has 0 radical (unpaired) electrons. The summed E-state index contributed by atoms with van der Waals surface area (Å²) in [5.74, 6) is -3.40. The molecule has 6 atom stereocenters. The van der Waals surface area contributed by atoms with Crippen molar-refractivity contribution in [2.75, 3.05) is 24.7 Å². The number of esters is 1. The van der Waals surface area contributed by atoms with Gasteiger partial charge >= 0.3 is 5.97 Å². The van der Waals surface area contributed by atoms with Gasteiger partial charge in [0.05, 0.1) is 41.5 Å². The molecule has 1 N–H and O–H groups in total. The van der Waals surface area contributed by atoms with E-state index in [1.54, 1.807) is 55.5 Å². The lowest BCUT2D eigenvalue weighted by Crippen LogP contribution is -2.57. The van der Waals surface area contributed by atoms with Crippen molar-refractivity contribution < 1.29 is 29.0 Å². The molecule has 1 unspecified atom stereocenters. The third kappa shape index (κ3) is 3.84. The molecule has 8 nitrogen and oxygen atoms in total. The molecule has 0 aromatic heterocycles. The topological polar surface area (TPSA) is 96.4 Å². The molecule has 2 amide bonds. The fourth-order valence-electron chi connectivity index (χ4n) is 6.68. The first-order chi connectivity index (χ1) is 18.8. The number of amides is 2. The van der Waals surface area contributed by atoms with E-state index in [4.69, 9.17) is 21.1 Å². The van der Waals surface area contributed by atoms with Gasteiger partial charge in [0.2, 0.25) is 5.91 Å². The standard InChI is InChI=1S/C30H29ClN2O6/c1-29-14-7-8-17-38-28(37)24(29)23-26(35)33(22(18-34)19-10-3-2-4-11-19)25-27(36)32(16-9-15-30(23,25)39-29)21-13-6-5-12-20(21)31/h2-7,9-15,22-25,34H,8,16-18H2,1H3/t22-,23+,24+,25?,29-,30+/m1/s1. The lowest BCUT2D eigenvalue weighted by atomic mass is 9.74. The number of cyclic esters (lactones) is 1. The third-order valence-electron chi connectivity index (χ3n) is 8.29. The molecule has 2 aromatic rings. The highest BCUT2D eigenvalue weighted by molar-refractivity contribution is 6.34. The largest absolute Gasteiger partial charge is 0.465 e. The molecule has 6 rings (SSSR count). The number of carbonyl (C=O) groups is 3. The van der Waals surface area contributed by atoms with E-state index in [-0.39, 0.29) is 13.2 Å². The highest BCUT2D eigenvalue weighted by atomic mass is 35.5. The first-order valence-corrected chi connectivity index (χ1v) is 13.5. The summed E-state index contributed by atoms with van der Waals surface area (Å²) < 4.78 is 12.3. The summed E-state index contributed by atoms with van der Waals surface area (Å²) in [7, 11) is 0. The predicted molar refractivity (Wildman–Crippen MR) is 144 cm³/mol. The maximum atomic E-state index is 14.6. The number of rotatable bonds is 4. The van der Waals surface area contributed by atoms with Gasteiger partial charge in [0.1, 0.15) is 17.6 Å². The second-order valence-electron chi connectivity index (χ2n) is 10.5. The molecular formula is C30H29ClN2O6. The molecule has 4 heterocycles. The van der Waals surface area contributed by atoms with Crippen molar-refractivity contribution in [1.29, 1.82) is 0 Å². The van der Waals surface area contributed by atoms with Crippen LogP contribution in [0.3, 0.4) is 0 Å². The minimum absolute atomic E-state index is 0.190. The lowest BCUT2D eigenvalue weighted by molar-refractivity contribution is -0.160. The molecule has 2 aromatic carbocycles. The van der Waals surface area contributed by atoms with Gasteiger partial charge in [-0.2, -0.15) is 0 Å². The third-order valence-corrected chi connectivity index (χ3v) is 8.61.